The Morgan fingerprint density at radius 3 is 2.76 bits per heavy atom. The van der Waals surface area contributed by atoms with Crippen LogP contribution in [0.4, 0.5) is 0 Å². The maximum atomic E-state index is 11.9. The number of rotatable bonds is 8. The van der Waals surface area contributed by atoms with Crippen molar-refractivity contribution in [3.63, 3.8) is 0 Å². The first kappa shape index (κ1) is 15.8. The summed E-state index contributed by atoms with van der Waals surface area (Å²) in [5, 5.41) is 0. The molecule has 1 aliphatic heterocycles. The van der Waals surface area contributed by atoms with E-state index in [1.54, 1.807) is 0 Å². The SMILES string of the molecule is CCCC1CC(=O)N(CCOc2ccc(CCN)cc2)C1. The third kappa shape index (κ3) is 4.74. The van der Waals surface area contributed by atoms with Gasteiger partial charge in [0.25, 0.3) is 0 Å². The summed E-state index contributed by atoms with van der Waals surface area (Å²) in [5.74, 6) is 1.67. The van der Waals surface area contributed by atoms with Crippen LogP contribution in [0.5, 0.6) is 5.75 Å². The van der Waals surface area contributed by atoms with E-state index >= 15 is 0 Å². The van der Waals surface area contributed by atoms with Crippen LogP contribution < -0.4 is 10.5 Å². The van der Waals surface area contributed by atoms with Crippen LogP contribution >= 0.6 is 0 Å². The summed E-state index contributed by atoms with van der Waals surface area (Å²) < 4.78 is 5.72. The molecule has 1 aliphatic rings. The summed E-state index contributed by atoms with van der Waals surface area (Å²) in [4.78, 5) is 13.8. The fraction of sp³-hybridized carbons (Fsp3) is 0.588. The Hall–Kier alpha value is -1.55. The molecule has 1 unspecified atom stereocenters. The minimum Gasteiger partial charge on any atom is -0.492 e. The number of ether oxygens (including phenoxy) is 1. The van der Waals surface area contributed by atoms with Crippen molar-refractivity contribution in [1.29, 1.82) is 0 Å². The molecule has 1 atom stereocenters. The molecular weight excluding hydrogens is 264 g/mol. The number of likely N-dealkylation sites (tertiary alicyclic amines) is 1. The quantitative estimate of drug-likeness (QED) is 0.798. The van der Waals surface area contributed by atoms with Gasteiger partial charge in [0.05, 0.1) is 6.54 Å². The van der Waals surface area contributed by atoms with Crippen molar-refractivity contribution in [2.45, 2.75) is 32.6 Å². The van der Waals surface area contributed by atoms with Crippen LogP contribution in [-0.4, -0.2) is 37.0 Å². The Bertz CT molecular complexity index is 445. The molecule has 2 N–H and O–H groups in total. The van der Waals surface area contributed by atoms with Gasteiger partial charge in [0.2, 0.25) is 5.91 Å². The Kier molecular flexibility index (Phi) is 6.05. The van der Waals surface area contributed by atoms with Crippen molar-refractivity contribution < 1.29 is 9.53 Å². The Labute approximate surface area is 127 Å². The second kappa shape index (κ2) is 8.03. The van der Waals surface area contributed by atoms with Crippen LogP contribution in [0.2, 0.25) is 0 Å². The molecule has 1 saturated heterocycles. The highest BCUT2D eigenvalue weighted by Gasteiger charge is 2.28. The number of hydrogen-bond acceptors (Lipinski definition) is 3. The smallest absolute Gasteiger partial charge is 0.223 e. The minimum absolute atomic E-state index is 0.273. The highest BCUT2D eigenvalue weighted by atomic mass is 16.5. The van der Waals surface area contributed by atoms with Crippen molar-refractivity contribution in [2.24, 2.45) is 11.7 Å². The summed E-state index contributed by atoms with van der Waals surface area (Å²) in [7, 11) is 0. The zero-order valence-corrected chi connectivity index (χ0v) is 12.9. The molecule has 116 valence electrons. The molecular formula is C17H26N2O2. The fourth-order valence-electron chi connectivity index (χ4n) is 2.86. The largest absolute Gasteiger partial charge is 0.492 e. The topological polar surface area (TPSA) is 55.6 Å². The number of carbonyl (C=O) groups is 1. The molecule has 1 fully saturated rings. The summed E-state index contributed by atoms with van der Waals surface area (Å²) in [5.41, 5.74) is 6.75. The number of nitrogens with zero attached hydrogens (tertiary/aromatic N) is 1. The lowest BCUT2D eigenvalue weighted by Crippen LogP contribution is -2.29. The van der Waals surface area contributed by atoms with Gasteiger partial charge in [-0.2, -0.15) is 0 Å². The van der Waals surface area contributed by atoms with Gasteiger partial charge in [-0.1, -0.05) is 25.5 Å². The first-order valence-corrected chi connectivity index (χ1v) is 7.92. The summed E-state index contributed by atoms with van der Waals surface area (Å²) in [6.45, 7) is 4.97. The van der Waals surface area contributed by atoms with E-state index in [0.29, 0.717) is 32.0 Å². The number of hydrogen-bond donors (Lipinski definition) is 1. The van der Waals surface area contributed by atoms with Crippen molar-refractivity contribution in [1.82, 2.24) is 4.90 Å². The first-order chi connectivity index (χ1) is 10.2. The normalized spacial score (nSPS) is 18.3. The lowest BCUT2D eigenvalue weighted by atomic mass is 10.0. The average molecular weight is 290 g/mol. The van der Waals surface area contributed by atoms with Crippen molar-refractivity contribution >= 4 is 5.91 Å². The van der Waals surface area contributed by atoms with E-state index < -0.39 is 0 Å². The lowest BCUT2D eigenvalue weighted by Gasteiger charge is -2.17. The predicted molar refractivity (Wildman–Crippen MR) is 84.3 cm³/mol. The molecule has 0 aliphatic carbocycles. The van der Waals surface area contributed by atoms with Crippen molar-refractivity contribution in [3.8, 4) is 5.75 Å². The van der Waals surface area contributed by atoms with Gasteiger partial charge < -0.3 is 15.4 Å². The highest BCUT2D eigenvalue weighted by Crippen LogP contribution is 2.22. The molecule has 0 aromatic heterocycles. The zero-order chi connectivity index (χ0) is 15.1. The highest BCUT2D eigenvalue weighted by molar-refractivity contribution is 5.78. The van der Waals surface area contributed by atoms with Crippen molar-refractivity contribution in [2.75, 3.05) is 26.2 Å². The summed E-state index contributed by atoms with van der Waals surface area (Å²) in [6, 6.07) is 8.02. The maximum Gasteiger partial charge on any atom is 0.223 e. The second-order valence-corrected chi connectivity index (χ2v) is 5.73. The first-order valence-electron chi connectivity index (χ1n) is 7.92. The van der Waals surface area contributed by atoms with Gasteiger partial charge in [0, 0.05) is 13.0 Å². The molecule has 2 rings (SSSR count). The molecule has 1 aromatic rings. The zero-order valence-electron chi connectivity index (χ0n) is 12.9. The van der Waals surface area contributed by atoms with Crippen LogP contribution in [0.15, 0.2) is 24.3 Å². The fourth-order valence-corrected chi connectivity index (χ4v) is 2.86. The predicted octanol–water partition coefficient (Wildman–Crippen LogP) is 2.22. The van der Waals surface area contributed by atoms with E-state index in [1.807, 2.05) is 29.2 Å². The monoisotopic (exact) mass is 290 g/mol. The van der Waals surface area contributed by atoms with Gasteiger partial charge >= 0.3 is 0 Å². The molecule has 1 aromatic carbocycles. The van der Waals surface area contributed by atoms with Gasteiger partial charge in [-0.05, 0) is 43.0 Å². The molecule has 21 heavy (non-hydrogen) atoms. The molecule has 4 heteroatoms. The van der Waals surface area contributed by atoms with Crippen LogP contribution in [0, 0.1) is 5.92 Å². The van der Waals surface area contributed by atoms with Crippen LogP contribution in [0.25, 0.3) is 0 Å². The van der Waals surface area contributed by atoms with Gasteiger partial charge in [0.15, 0.2) is 0 Å². The van der Waals surface area contributed by atoms with Crippen molar-refractivity contribution in [3.05, 3.63) is 29.8 Å². The van der Waals surface area contributed by atoms with Gasteiger partial charge in [-0.3, -0.25) is 4.79 Å². The Balaban J connectivity index is 1.73. The number of benzene rings is 1. The van der Waals surface area contributed by atoms with Gasteiger partial charge in [-0.15, -0.1) is 0 Å². The van der Waals surface area contributed by atoms with E-state index in [0.717, 1.165) is 31.6 Å². The van der Waals surface area contributed by atoms with Crippen LogP contribution in [-0.2, 0) is 11.2 Å². The molecule has 0 spiro atoms. The summed E-state index contributed by atoms with van der Waals surface area (Å²) in [6.07, 6.45) is 3.89. The minimum atomic E-state index is 0.273. The van der Waals surface area contributed by atoms with Crippen LogP contribution in [0.1, 0.15) is 31.7 Å². The lowest BCUT2D eigenvalue weighted by molar-refractivity contribution is -0.128. The maximum absolute atomic E-state index is 11.9. The number of amides is 1. The van der Waals surface area contributed by atoms with E-state index in [2.05, 4.69) is 6.92 Å². The molecule has 0 bridgehead atoms. The van der Waals surface area contributed by atoms with Crippen LogP contribution in [0.3, 0.4) is 0 Å². The average Bonchev–Trinajstić information content (AvgIpc) is 2.82. The standard InChI is InChI=1S/C17H26N2O2/c1-2-3-15-12-17(20)19(13-15)10-11-21-16-6-4-14(5-7-16)8-9-18/h4-7,15H,2-3,8-13,18H2,1H3. The summed E-state index contributed by atoms with van der Waals surface area (Å²) >= 11 is 0. The Morgan fingerprint density at radius 2 is 2.10 bits per heavy atom. The molecule has 1 amide bonds. The number of nitrogens with two attached hydrogens (primary N) is 1. The third-order valence-electron chi connectivity index (χ3n) is 3.98. The van der Waals surface area contributed by atoms with E-state index in [1.165, 1.54) is 5.56 Å². The van der Waals surface area contributed by atoms with E-state index in [-0.39, 0.29) is 5.91 Å². The van der Waals surface area contributed by atoms with E-state index in [9.17, 15) is 4.79 Å². The van der Waals surface area contributed by atoms with Gasteiger partial charge in [0.1, 0.15) is 12.4 Å². The second-order valence-electron chi connectivity index (χ2n) is 5.73. The molecule has 0 saturated carbocycles. The molecule has 4 nitrogen and oxygen atoms in total. The Morgan fingerprint density at radius 1 is 1.33 bits per heavy atom. The molecule has 1 heterocycles. The third-order valence-corrected chi connectivity index (χ3v) is 3.98. The molecule has 0 radical (unpaired) electrons. The number of carbonyl (C=O) groups excluding carboxylic acids is 1. The van der Waals surface area contributed by atoms with E-state index in [4.69, 9.17) is 10.5 Å². The van der Waals surface area contributed by atoms with Gasteiger partial charge in [-0.25, -0.2) is 0 Å².